The highest BCUT2D eigenvalue weighted by Crippen LogP contribution is 2.29. The van der Waals surface area contributed by atoms with Crippen molar-refractivity contribution in [2.45, 2.75) is 43.2 Å². The van der Waals surface area contributed by atoms with Gasteiger partial charge < -0.3 is 9.84 Å². The number of unbranched alkanes of at least 4 members (excludes halogenated alkanes) is 1. The molecule has 6 nitrogen and oxygen atoms in total. The van der Waals surface area contributed by atoms with E-state index in [2.05, 4.69) is 51.6 Å². The van der Waals surface area contributed by atoms with Crippen LogP contribution in [-0.4, -0.2) is 20.3 Å². The number of benzene rings is 1. The van der Waals surface area contributed by atoms with E-state index in [0.29, 0.717) is 11.6 Å². The van der Waals surface area contributed by atoms with Crippen LogP contribution in [0.1, 0.15) is 37.0 Å². The molecular weight excluding hydrogens is 342 g/mol. The summed E-state index contributed by atoms with van der Waals surface area (Å²) < 4.78 is 6.13. The molecule has 0 unspecified atom stereocenters. The van der Waals surface area contributed by atoms with Gasteiger partial charge in [0.1, 0.15) is 0 Å². The van der Waals surface area contributed by atoms with Crippen molar-refractivity contribution in [1.29, 1.82) is 0 Å². The predicted octanol–water partition coefficient (Wildman–Crippen LogP) is 4.61. The van der Waals surface area contributed by atoms with Gasteiger partial charge in [0.05, 0.1) is 5.75 Å². The molecule has 0 saturated carbocycles. The van der Waals surface area contributed by atoms with E-state index in [1.807, 2.05) is 12.1 Å². The summed E-state index contributed by atoms with van der Waals surface area (Å²) in [4.78, 5) is 4.39. The third-order valence-electron chi connectivity index (χ3n) is 3.26. The summed E-state index contributed by atoms with van der Waals surface area (Å²) in [7, 11) is 0. The number of aromatic nitrogens is 4. The molecule has 0 aliphatic heterocycles. The van der Waals surface area contributed by atoms with Crippen molar-refractivity contribution in [2.75, 3.05) is 5.32 Å². The van der Waals surface area contributed by atoms with Crippen molar-refractivity contribution in [3.8, 4) is 0 Å². The zero-order valence-electron chi connectivity index (χ0n) is 13.7. The van der Waals surface area contributed by atoms with Crippen LogP contribution in [0.4, 0.5) is 10.8 Å². The second kappa shape index (κ2) is 8.25. The highest BCUT2D eigenvalue weighted by molar-refractivity contribution is 8.00. The lowest BCUT2D eigenvalue weighted by Crippen LogP contribution is -1.89. The standard InChI is InChI=1S/C16H19N5OS2/c1-3-4-8-13-18-14(22-21-13)10-23-16-20-19-15(24-16)17-12-7-5-6-11(2)9-12/h5-7,9H,3-4,8,10H2,1-2H3,(H,17,19). The van der Waals surface area contributed by atoms with E-state index in [4.69, 9.17) is 4.52 Å². The quantitative estimate of drug-likeness (QED) is 0.587. The molecule has 2 aromatic heterocycles. The van der Waals surface area contributed by atoms with Gasteiger partial charge in [-0.25, -0.2) is 0 Å². The van der Waals surface area contributed by atoms with Gasteiger partial charge in [0, 0.05) is 12.1 Å². The summed E-state index contributed by atoms with van der Waals surface area (Å²) in [6.45, 7) is 4.21. The van der Waals surface area contributed by atoms with Crippen molar-refractivity contribution in [2.24, 2.45) is 0 Å². The smallest absolute Gasteiger partial charge is 0.237 e. The lowest BCUT2D eigenvalue weighted by molar-refractivity contribution is 0.384. The van der Waals surface area contributed by atoms with E-state index in [-0.39, 0.29) is 0 Å². The molecule has 3 aromatic rings. The van der Waals surface area contributed by atoms with Gasteiger partial charge in [-0.3, -0.25) is 0 Å². The third kappa shape index (κ3) is 4.78. The first-order chi connectivity index (χ1) is 11.7. The lowest BCUT2D eigenvalue weighted by atomic mass is 10.2. The molecule has 0 radical (unpaired) electrons. The predicted molar refractivity (Wildman–Crippen MR) is 96.8 cm³/mol. The molecule has 0 saturated heterocycles. The maximum absolute atomic E-state index is 5.26. The van der Waals surface area contributed by atoms with Gasteiger partial charge in [0.15, 0.2) is 10.2 Å². The minimum Gasteiger partial charge on any atom is -0.338 e. The lowest BCUT2D eigenvalue weighted by Gasteiger charge is -2.01. The van der Waals surface area contributed by atoms with Crippen LogP contribution in [-0.2, 0) is 12.2 Å². The van der Waals surface area contributed by atoms with E-state index in [9.17, 15) is 0 Å². The molecule has 0 bridgehead atoms. The molecular formula is C16H19N5OS2. The number of rotatable bonds is 8. The number of anilines is 2. The average molecular weight is 361 g/mol. The highest BCUT2D eigenvalue weighted by Gasteiger charge is 2.10. The summed E-state index contributed by atoms with van der Waals surface area (Å²) in [5.74, 6) is 2.03. The van der Waals surface area contributed by atoms with Gasteiger partial charge in [0.25, 0.3) is 0 Å². The zero-order chi connectivity index (χ0) is 16.8. The highest BCUT2D eigenvalue weighted by atomic mass is 32.2. The minimum absolute atomic E-state index is 0.609. The van der Waals surface area contributed by atoms with Crippen LogP contribution >= 0.6 is 23.1 Å². The summed E-state index contributed by atoms with van der Waals surface area (Å²) in [6, 6.07) is 8.16. The van der Waals surface area contributed by atoms with Gasteiger partial charge in [-0.15, -0.1) is 10.2 Å². The Morgan fingerprint density at radius 1 is 1.29 bits per heavy atom. The Bertz CT molecular complexity index is 786. The van der Waals surface area contributed by atoms with Gasteiger partial charge in [-0.1, -0.05) is 53.7 Å². The van der Waals surface area contributed by atoms with E-state index in [1.165, 1.54) is 16.9 Å². The summed E-state index contributed by atoms with van der Waals surface area (Å²) in [6.07, 6.45) is 3.07. The molecule has 2 heterocycles. The maximum Gasteiger partial charge on any atom is 0.237 e. The Morgan fingerprint density at radius 2 is 2.21 bits per heavy atom. The van der Waals surface area contributed by atoms with Crippen LogP contribution < -0.4 is 5.32 Å². The molecule has 3 rings (SSSR count). The SMILES string of the molecule is CCCCc1noc(CSc2nnc(Nc3cccc(C)c3)s2)n1. The third-order valence-corrected chi connectivity index (χ3v) is 5.22. The monoisotopic (exact) mass is 361 g/mol. The van der Waals surface area contributed by atoms with Crippen molar-refractivity contribution >= 4 is 33.9 Å². The van der Waals surface area contributed by atoms with E-state index < -0.39 is 0 Å². The van der Waals surface area contributed by atoms with Gasteiger partial charge >= 0.3 is 0 Å². The van der Waals surface area contributed by atoms with Gasteiger partial charge in [-0.2, -0.15) is 4.98 Å². The number of nitrogens with zero attached hydrogens (tertiary/aromatic N) is 4. The second-order valence-electron chi connectivity index (χ2n) is 5.36. The molecule has 0 aliphatic carbocycles. The molecule has 1 aromatic carbocycles. The van der Waals surface area contributed by atoms with Gasteiger partial charge in [-0.05, 0) is 31.0 Å². The van der Waals surface area contributed by atoms with Crippen molar-refractivity contribution < 1.29 is 4.52 Å². The van der Waals surface area contributed by atoms with Crippen LogP contribution in [0.25, 0.3) is 0 Å². The van der Waals surface area contributed by atoms with E-state index in [0.717, 1.165) is 40.2 Å². The van der Waals surface area contributed by atoms with Crippen LogP contribution in [0.2, 0.25) is 0 Å². The van der Waals surface area contributed by atoms with E-state index >= 15 is 0 Å². The first-order valence-electron chi connectivity index (χ1n) is 7.84. The summed E-state index contributed by atoms with van der Waals surface area (Å²) in [5.41, 5.74) is 2.22. The normalized spacial score (nSPS) is 10.9. The Labute approximate surface area is 149 Å². The van der Waals surface area contributed by atoms with Crippen LogP contribution in [0, 0.1) is 6.92 Å². The fourth-order valence-electron chi connectivity index (χ4n) is 2.07. The number of hydrogen-bond acceptors (Lipinski definition) is 8. The number of nitrogens with one attached hydrogen (secondary N) is 1. The number of aryl methyl sites for hydroxylation is 2. The van der Waals surface area contributed by atoms with Crippen molar-refractivity contribution in [1.82, 2.24) is 20.3 Å². The molecule has 0 atom stereocenters. The fourth-order valence-corrected chi connectivity index (χ4v) is 3.68. The van der Waals surface area contributed by atoms with Crippen LogP contribution in [0.5, 0.6) is 0 Å². The van der Waals surface area contributed by atoms with Gasteiger partial charge in [0.2, 0.25) is 11.0 Å². The molecule has 1 N–H and O–H groups in total. The Morgan fingerprint density at radius 3 is 3.04 bits per heavy atom. The molecule has 8 heteroatoms. The summed E-state index contributed by atoms with van der Waals surface area (Å²) in [5, 5.41) is 16.4. The molecule has 0 aliphatic rings. The number of thioether (sulfide) groups is 1. The number of hydrogen-bond donors (Lipinski definition) is 1. The van der Waals surface area contributed by atoms with Crippen LogP contribution in [0.15, 0.2) is 33.1 Å². The molecule has 0 amide bonds. The first kappa shape index (κ1) is 16.9. The zero-order valence-corrected chi connectivity index (χ0v) is 15.3. The topological polar surface area (TPSA) is 76.7 Å². The minimum atomic E-state index is 0.609. The molecule has 24 heavy (non-hydrogen) atoms. The fraction of sp³-hybridized carbons (Fsp3) is 0.375. The van der Waals surface area contributed by atoms with Crippen LogP contribution in [0.3, 0.4) is 0 Å². The Kier molecular flexibility index (Phi) is 5.81. The summed E-state index contributed by atoms with van der Waals surface area (Å²) >= 11 is 3.07. The largest absolute Gasteiger partial charge is 0.338 e. The second-order valence-corrected chi connectivity index (χ2v) is 7.56. The maximum atomic E-state index is 5.26. The first-order valence-corrected chi connectivity index (χ1v) is 9.64. The van der Waals surface area contributed by atoms with Crippen molar-refractivity contribution in [3.63, 3.8) is 0 Å². The molecule has 126 valence electrons. The molecule has 0 fully saturated rings. The Balaban J connectivity index is 1.53. The Hall–Kier alpha value is -1.93. The van der Waals surface area contributed by atoms with Crippen molar-refractivity contribution in [3.05, 3.63) is 41.5 Å². The average Bonchev–Trinajstić information content (AvgIpc) is 3.20. The molecule has 0 spiro atoms. The van der Waals surface area contributed by atoms with E-state index in [1.54, 1.807) is 11.8 Å².